The van der Waals surface area contributed by atoms with Crippen LogP contribution in [0.1, 0.15) is 18.4 Å². The maximum atomic E-state index is 13.1. The van der Waals surface area contributed by atoms with Crippen LogP contribution in [0.3, 0.4) is 0 Å². The maximum Gasteiger partial charge on any atom is 0.331 e. The van der Waals surface area contributed by atoms with Crippen molar-refractivity contribution in [1.29, 1.82) is 0 Å². The number of esters is 2. The summed E-state index contributed by atoms with van der Waals surface area (Å²) in [5.41, 5.74) is 2.52. The Balaban J connectivity index is 1.21. The third kappa shape index (κ3) is 10.7. The molecule has 4 aromatic carbocycles. The minimum absolute atomic E-state index is 0.0318. The van der Waals surface area contributed by atoms with Gasteiger partial charge in [-0.15, -0.1) is 0 Å². The highest BCUT2D eigenvalue weighted by molar-refractivity contribution is 6.10. The van der Waals surface area contributed by atoms with E-state index >= 15 is 0 Å². The summed E-state index contributed by atoms with van der Waals surface area (Å²) in [5.74, 6) is 1.22. The van der Waals surface area contributed by atoms with E-state index in [9.17, 15) is 9.59 Å². The number of methoxy groups -OCH3 is 2. The number of nitrogens with zero attached hydrogens (tertiary/aromatic N) is 1. The molecule has 0 aliphatic rings. The lowest BCUT2D eigenvalue weighted by atomic mass is 10.1. The number of hydrogen-bond acceptors (Lipinski definition) is 13. The summed E-state index contributed by atoms with van der Waals surface area (Å²) in [7, 11) is 3.01. The molecular formula is C38H41N3O11. The lowest BCUT2D eigenvalue weighted by Gasteiger charge is -2.19. The van der Waals surface area contributed by atoms with Gasteiger partial charge in [-0.3, -0.25) is 20.0 Å². The molecule has 0 saturated heterocycles. The average molecular weight is 716 g/mol. The van der Waals surface area contributed by atoms with E-state index in [1.807, 2.05) is 66.7 Å². The van der Waals surface area contributed by atoms with Crippen molar-refractivity contribution in [2.45, 2.75) is 18.9 Å². The third-order valence-corrected chi connectivity index (χ3v) is 7.73. The highest BCUT2D eigenvalue weighted by atomic mass is 17.1. The van der Waals surface area contributed by atoms with Gasteiger partial charge in [0.15, 0.2) is 23.0 Å². The molecule has 4 N–H and O–H groups in total. The second-order valence-electron chi connectivity index (χ2n) is 11.3. The largest absolute Gasteiger partial charge is 0.493 e. The Morgan fingerprint density at radius 3 is 2.38 bits per heavy atom. The highest BCUT2D eigenvalue weighted by Crippen LogP contribution is 2.33. The topological polar surface area (TPSA) is 170 Å². The molecule has 0 saturated carbocycles. The number of hydrogen-bond donors (Lipinski definition) is 4. The molecule has 0 fully saturated rings. The quantitative estimate of drug-likeness (QED) is 0.0254. The minimum atomic E-state index is -0.663. The fourth-order valence-corrected chi connectivity index (χ4v) is 5.32. The lowest BCUT2D eigenvalue weighted by molar-refractivity contribution is -0.492. The summed E-state index contributed by atoms with van der Waals surface area (Å²) in [6.45, 7) is 1.09. The summed E-state index contributed by atoms with van der Waals surface area (Å²) >= 11 is 0. The molecule has 0 radical (unpaired) electrons. The molecule has 5 rings (SSSR count). The number of carbonyl (C=O) groups is 2. The van der Waals surface area contributed by atoms with Crippen LogP contribution in [0.2, 0.25) is 0 Å². The van der Waals surface area contributed by atoms with E-state index in [-0.39, 0.29) is 44.1 Å². The van der Waals surface area contributed by atoms with E-state index in [0.717, 1.165) is 21.8 Å². The van der Waals surface area contributed by atoms with E-state index in [2.05, 4.69) is 15.1 Å². The van der Waals surface area contributed by atoms with Crippen molar-refractivity contribution in [1.82, 2.24) is 15.7 Å². The number of benzene rings is 4. The first-order valence-corrected chi connectivity index (χ1v) is 16.5. The number of rotatable bonds is 20. The van der Waals surface area contributed by atoms with Crippen LogP contribution in [0.5, 0.6) is 28.7 Å². The first kappa shape index (κ1) is 37.6. The molecule has 5 aromatic rings. The molecule has 1 atom stereocenters. The summed E-state index contributed by atoms with van der Waals surface area (Å²) in [6.07, 6.45) is 2.35. The van der Waals surface area contributed by atoms with Crippen LogP contribution >= 0.6 is 0 Å². The van der Waals surface area contributed by atoms with Gasteiger partial charge in [0.1, 0.15) is 25.1 Å². The van der Waals surface area contributed by atoms with E-state index < -0.39 is 23.4 Å². The van der Waals surface area contributed by atoms with Gasteiger partial charge in [0, 0.05) is 41.9 Å². The molecule has 0 aliphatic heterocycles. The smallest absolute Gasteiger partial charge is 0.331 e. The number of nitrogens with one attached hydrogen (secondary N) is 2. The standard InChI is InChI=1S/C38H41N3O11/c1-46-31-12-5-6-13-32(31)48-22-20-39-24-27(25-49-34-14-7-11-30-38(34)28-9-3-4-10-29(28)40-30)51-37(43)19-17-26-16-18-33(35(23-26)47-2)52-36(42)15-8-21-50-41(44)45/h3-7,9-14,16-19,23,27,39-40,44-45H,8,15,20-22,24-25H2,1-2H3/b19-17+. The van der Waals surface area contributed by atoms with Crippen molar-refractivity contribution in [2.75, 3.05) is 47.1 Å². The zero-order valence-corrected chi connectivity index (χ0v) is 28.8. The van der Waals surface area contributed by atoms with Crippen molar-refractivity contribution in [3.63, 3.8) is 0 Å². The van der Waals surface area contributed by atoms with Gasteiger partial charge in [-0.1, -0.05) is 42.5 Å². The van der Waals surface area contributed by atoms with Crippen molar-refractivity contribution in [3.8, 4) is 28.7 Å². The van der Waals surface area contributed by atoms with Gasteiger partial charge >= 0.3 is 11.9 Å². The van der Waals surface area contributed by atoms with Crippen LogP contribution in [0.4, 0.5) is 0 Å². The number of para-hydroxylation sites is 3. The Morgan fingerprint density at radius 2 is 1.58 bits per heavy atom. The fourth-order valence-electron chi connectivity index (χ4n) is 5.32. The Morgan fingerprint density at radius 1 is 0.827 bits per heavy atom. The molecule has 14 heteroatoms. The zero-order chi connectivity index (χ0) is 36.7. The number of ether oxygens (including phenoxy) is 6. The van der Waals surface area contributed by atoms with Crippen molar-refractivity contribution >= 4 is 39.8 Å². The first-order chi connectivity index (χ1) is 25.3. The molecule has 0 spiro atoms. The predicted octanol–water partition coefficient (Wildman–Crippen LogP) is 5.71. The summed E-state index contributed by atoms with van der Waals surface area (Å²) in [4.78, 5) is 33.1. The van der Waals surface area contributed by atoms with Gasteiger partial charge in [-0.25, -0.2) is 4.79 Å². The molecule has 0 amide bonds. The second-order valence-corrected chi connectivity index (χ2v) is 11.3. The van der Waals surface area contributed by atoms with Gasteiger partial charge in [0.25, 0.3) is 0 Å². The molecule has 14 nitrogen and oxygen atoms in total. The molecule has 0 bridgehead atoms. The van der Waals surface area contributed by atoms with Crippen molar-refractivity contribution in [3.05, 3.63) is 96.6 Å². The zero-order valence-electron chi connectivity index (χ0n) is 28.8. The molecular weight excluding hydrogens is 674 g/mol. The molecule has 0 aliphatic carbocycles. The maximum absolute atomic E-state index is 13.1. The summed E-state index contributed by atoms with van der Waals surface area (Å²) in [6, 6.07) is 25.9. The van der Waals surface area contributed by atoms with Gasteiger partial charge < -0.3 is 38.7 Å². The van der Waals surface area contributed by atoms with Crippen LogP contribution in [-0.2, 0) is 19.2 Å². The molecule has 1 unspecified atom stereocenters. The molecule has 1 aromatic heterocycles. The number of fused-ring (bicyclic) bond motifs is 3. The van der Waals surface area contributed by atoms with E-state index in [1.54, 1.807) is 31.4 Å². The van der Waals surface area contributed by atoms with E-state index in [0.29, 0.717) is 36.0 Å². The summed E-state index contributed by atoms with van der Waals surface area (Å²) < 4.78 is 34.1. The van der Waals surface area contributed by atoms with Crippen molar-refractivity contribution in [2.24, 2.45) is 0 Å². The summed E-state index contributed by atoms with van der Waals surface area (Å²) in [5, 5.41) is 22.0. The number of aromatic nitrogens is 1. The minimum Gasteiger partial charge on any atom is -0.493 e. The van der Waals surface area contributed by atoms with Gasteiger partial charge in [-0.2, -0.15) is 0 Å². The number of aromatic amines is 1. The normalized spacial score (nSPS) is 11.9. The van der Waals surface area contributed by atoms with Crippen LogP contribution in [-0.4, -0.2) is 86.0 Å². The Kier molecular flexibility index (Phi) is 13.8. The highest BCUT2D eigenvalue weighted by Gasteiger charge is 2.17. The van der Waals surface area contributed by atoms with E-state index in [1.165, 1.54) is 13.2 Å². The van der Waals surface area contributed by atoms with Crippen LogP contribution < -0.4 is 29.0 Å². The van der Waals surface area contributed by atoms with Gasteiger partial charge in [-0.05, 0) is 60.5 Å². The fraction of sp³-hybridized carbons (Fsp3) is 0.263. The van der Waals surface area contributed by atoms with Crippen LogP contribution in [0, 0.1) is 0 Å². The second kappa shape index (κ2) is 19.1. The monoisotopic (exact) mass is 715 g/mol. The molecule has 1 heterocycles. The van der Waals surface area contributed by atoms with Gasteiger partial charge in [0.2, 0.25) is 0 Å². The Labute approximate surface area is 299 Å². The lowest BCUT2D eigenvalue weighted by Crippen LogP contribution is -2.37. The first-order valence-electron chi connectivity index (χ1n) is 16.5. The number of carbonyl (C=O) groups excluding carboxylic acids is 2. The van der Waals surface area contributed by atoms with E-state index in [4.69, 9.17) is 38.8 Å². The number of H-pyrrole nitrogens is 1. The predicted molar refractivity (Wildman–Crippen MR) is 191 cm³/mol. The Bertz CT molecular complexity index is 1960. The van der Waals surface area contributed by atoms with Crippen molar-refractivity contribution < 1.29 is 53.3 Å². The van der Waals surface area contributed by atoms with Gasteiger partial charge in [0.05, 0.1) is 31.7 Å². The van der Waals surface area contributed by atoms with Crippen LogP contribution in [0.25, 0.3) is 27.9 Å². The Hall–Kier alpha value is -5.64. The SMILES string of the molecule is COc1ccccc1OCCNCC(COc1cccc2[nH]c3ccccc3c12)OC(=O)/C=C/c1ccc(OC(=O)CCCON(O)O)c(OC)c1. The van der Waals surface area contributed by atoms with Crippen LogP contribution in [0.15, 0.2) is 91.0 Å². The average Bonchev–Trinajstić information content (AvgIpc) is 3.54. The molecule has 274 valence electrons. The third-order valence-electron chi connectivity index (χ3n) is 7.73. The molecule has 52 heavy (non-hydrogen) atoms.